The molecule has 0 amide bonds. The summed E-state index contributed by atoms with van der Waals surface area (Å²) in [6.07, 6.45) is 22.4. The number of aliphatic hydroxyl groups excluding tert-OH is 1. The van der Waals surface area contributed by atoms with Crippen molar-refractivity contribution >= 4 is 0 Å². The van der Waals surface area contributed by atoms with Crippen LogP contribution in [-0.4, -0.2) is 11.7 Å². The van der Waals surface area contributed by atoms with Gasteiger partial charge in [0.25, 0.3) is 0 Å². The fourth-order valence-corrected chi connectivity index (χ4v) is 4.97. The predicted octanol–water partition coefficient (Wildman–Crippen LogP) is 10.1. The summed E-state index contributed by atoms with van der Waals surface area (Å²) in [6, 6.07) is 0. The van der Waals surface area contributed by atoms with E-state index in [2.05, 4.69) is 48.5 Å². The third-order valence-corrected chi connectivity index (χ3v) is 7.62. The highest BCUT2D eigenvalue weighted by Gasteiger charge is 2.09. The maximum atomic E-state index is 9.12. The number of hydrogen-bond acceptors (Lipinski definition) is 1. The molecular formula is C30H62O. The van der Waals surface area contributed by atoms with E-state index >= 15 is 0 Å². The van der Waals surface area contributed by atoms with Gasteiger partial charge < -0.3 is 5.11 Å². The molecule has 1 nitrogen and oxygen atoms in total. The van der Waals surface area contributed by atoms with E-state index < -0.39 is 0 Å². The third-order valence-electron chi connectivity index (χ3n) is 7.62. The van der Waals surface area contributed by atoms with E-state index in [1.807, 2.05) is 0 Å². The van der Waals surface area contributed by atoms with Gasteiger partial charge in [-0.15, -0.1) is 0 Å². The number of aliphatic hydroxyl groups is 1. The molecule has 0 radical (unpaired) electrons. The first-order valence-electron chi connectivity index (χ1n) is 14.3. The molecule has 0 saturated heterocycles. The molecule has 5 atom stereocenters. The summed E-state index contributed by atoms with van der Waals surface area (Å²) in [5.74, 6) is 4.97. The molecule has 0 saturated carbocycles. The molecule has 188 valence electrons. The first-order chi connectivity index (χ1) is 14.7. The molecule has 0 aromatic rings. The van der Waals surface area contributed by atoms with E-state index in [4.69, 9.17) is 5.11 Å². The number of unbranched alkanes of at least 4 members (excludes halogenated alkanes) is 1. The van der Waals surface area contributed by atoms with E-state index in [0.717, 1.165) is 29.6 Å². The maximum absolute atomic E-state index is 9.12. The molecule has 0 aliphatic heterocycles. The molecule has 0 fully saturated rings. The van der Waals surface area contributed by atoms with Gasteiger partial charge in [-0.25, -0.2) is 0 Å². The van der Waals surface area contributed by atoms with Gasteiger partial charge in [-0.2, -0.15) is 0 Å². The standard InChI is InChI=1S/C30H62O/c1-25(2)14-10-17-28(5)20-11-18-26(3)15-8-9-16-27(4)19-12-21-29(6)22-13-23-30(7)24-31/h25-31H,8-24H2,1-7H3. The zero-order chi connectivity index (χ0) is 23.5. The van der Waals surface area contributed by atoms with Crippen molar-refractivity contribution in [3.05, 3.63) is 0 Å². The number of hydrogen-bond donors (Lipinski definition) is 1. The molecule has 0 aromatic heterocycles. The summed E-state index contributed by atoms with van der Waals surface area (Å²) < 4.78 is 0. The van der Waals surface area contributed by atoms with Gasteiger partial charge in [-0.3, -0.25) is 0 Å². The fraction of sp³-hybridized carbons (Fsp3) is 1.00. The minimum atomic E-state index is 0.350. The molecule has 0 heterocycles. The van der Waals surface area contributed by atoms with E-state index in [0.29, 0.717) is 12.5 Å². The lowest BCUT2D eigenvalue weighted by Gasteiger charge is -2.16. The van der Waals surface area contributed by atoms with Crippen LogP contribution in [0.3, 0.4) is 0 Å². The van der Waals surface area contributed by atoms with Crippen LogP contribution in [0.4, 0.5) is 0 Å². The summed E-state index contributed by atoms with van der Waals surface area (Å²) in [5, 5.41) is 9.12. The van der Waals surface area contributed by atoms with Crippen LogP contribution in [-0.2, 0) is 0 Å². The van der Waals surface area contributed by atoms with Gasteiger partial charge in [-0.05, 0) is 41.9 Å². The van der Waals surface area contributed by atoms with Crippen molar-refractivity contribution in [2.75, 3.05) is 6.61 Å². The molecule has 5 unspecified atom stereocenters. The topological polar surface area (TPSA) is 20.2 Å². The smallest absolute Gasteiger partial charge is 0.0456 e. The van der Waals surface area contributed by atoms with Gasteiger partial charge in [0.15, 0.2) is 0 Å². The first-order valence-corrected chi connectivity index (χ1v) is 14.3. The highest BCUT2D eigenvalue weighted by atomic mass is 16.3. The average Bonchev–Trinajstić information content (AvgIpc) is 2.70. The van der Waals surface area contributed by atoms with Gasteiger partial charge >= 0.3 is 0 Å². The van der Waals surface area contributed by atoms with Crippen molar-refractivity contribution in [3.8, 4) is 0 Å². The van der Waals surface area contributed by atoms with Crippen molar-refractivity contribution in [2.45, 2.75) is 151 Å². The molecule has 0 bridgehead atoms. The van der Waals surface area contributed by atoms with Crippen molar-refractivity contribution in [3.63, 3.8) is 0 Å². The predicted molar refractivity (Wildman–Crippen MR) is 142 cm³/mol. The monoisotopic (exact) mass is 438 g/mol. The Hall–Kier alpha value is -0.0400. The van der Waals surface area contributed by atoms with Crippen LogP contribution < -0.4 is 0 Å². The summed E-state index contributed by atoms with van der Waals surface area (Å²) >= 11 is 0. The third kappa shape index (κ3) is 21.6. The van der Waals surface area contributed by atoms with Crippen LogP contribution >= 0.6 is 0 Å². The molecule has 0 aromatic carbocycles. The molecule has 0 rings (SSSR count). The van der Waals surface area contributed by atoms with Gasteiger partial charge in [0, 0.05) is 6.61 Å². The Morgan fingerprint density at radius 3 is 0.903 bits per heavy atom. The lowest BCUT2D eigenvalue weighted by atomic mass is 9.90. The van der Waals surface area contributed by atoms with Gasteiger partial charge in [0.2, 0.25) is 0 Å². The Morgan fingerprint density at radius 1 is 0.355 bits per heavy atom. The largest absolute Gasteiger partial charge is 0.396 e. The second-order valence-electron chi connectivity index (χ2n) is 12.1. The Morgan fingerprint density at radius 2 is 0.613 bits per heavy atom. The fourth-order valence-electron chi connectivity index (χ4n) is 4.97. The van der Waals surface area contributed by atoms with Crippen LogP contribution in [0.25, 0.3) is 0 Å². The van der Waals surface area contributed by atoms with E-state index in [1.54, 1.807) is 0 Å². The number of rotatable bonds is 22. The first kappa shape index (κ1) is 31.0. The highest BCUT2D eigenvalue weighted by Crippen LogP contribution is 2.24. The van der Waals surface area contributed by atoms with Gasteiger partial charge in [0.1, 0.15) is 0 Å². The van der Waals surface area contributed by atoms with E-state index in [-0.39, 0.29) is 0 Å². The molecule has 0 aliphatic rings. The van der Waals surface area contributed by atoms with Crippen molar-refractivity contribution in [1.82, 2.24) is 0 Å². The van der Waals surface area contributed by atoms with Crippen molar-refractivity contribution in [1.29, 1.82) is 0 Å². The van der Waals surface area contributed by atoms with E-state index in [1.165, 1.54) is 103 Å². The van der Waals surface area contributed by atoms with Crippen LogP contribution in [0.5, 0.6) is 0 Å². The molecular weight excluding hydrogens is 376 g/mol. The van der Waals surface area contributed by atoms with Crippen LogP contribution in [0, 0.1) is 35.5 Å². The summed E-state index contributed by atoms with van der Waals surface area (Å²) in [7, 11) is 0. The minimum Gasteiger partial charge on any atom is -0.396 e. The second kappa shape index (κ2) is 20.6. The molecule has 31 heavy (non-hydrogen) atoms. The Labute approximate surface area is 198 Å². The normalized spacial score (nSPS) is 16.9. The quantitative estimate of drug-likeness (QED) is 0.167. The van der Waals surface area contributed by atoms with Gasteiger partial charge in [-0.1, -0.05) is 145 Å². The Bertz CT molecular complexity index is 363. The Balaban J connectivity index is 3.55. The minimum absolute atomic E-state index is 0.350. The molecule has 1 heteroatoms. The van der Waals surface area contributed by atoms with Crippen LogP contribution in [0.2, 0.25) is 0 Å². The van der Waals surface area contributed by atoms with Crippen molar-refractivity contribution in [2.24, 2.45) is 35.5 Å². The maximum Gasteiger partial charge on any atom is 0.0456 e. The summed E-state index contributed by atoms with van der Waals surface area (Å²) in [6.45, 7) is 17.0. The SMILES string of the molecule is CC(C)CCCC(C)CCCC(C)CCCCC(C)CCCC(C)CCCC(C)CO. The lowest BCUT2D eigenvalue weighted by molar-refractivity contribution is 0.225. The van der Waals surface area contributed by atoms with E-state index in [9.17, 15) is 0 Å². The van der Waals surface area contributed by atoms with Crippen molar-refractivity contribution < 1.29 is 5.11 Å². The Kier molecular flexibility index (Phi) is 20.5. The zero-order valence-corrected chi connectivity index (χ0v) is 22.9. The molecule has 1 N–H and O–H groups in total. The summed E-state index contributed by atoms with van der Waals surface area (Å²) in [5.41, 5.74) is 0. The summed E-state index contributed by atoms with van der Waals surface area (Å²) in [4.78, 5) is 0. The zero-order valence-electron chi connectivity index (χ0n) is 22.9. The lowest BCUT2D eigenvalue weighted by Crippen LogP contribution is -2.03. The average molecular weight is 439 g/mol. The van der Waals surface area contributed by atoms with Crippen LogP contribution in [0.15, 0.2) is 0 Å². The second-order valence-corrected chi connectivity index (χ2v) is 12.1. The molecule has 0 aliphatic carbocycles. The molecule has 0 spiro atoms. The highest BCUT2D eigenvalue weighted by molar-refractivity contribution is 4.62. The van der Waals surface area contributed by atoms with Crippen LogP contribution in [0.1, 0.15) is 151 Å². The van der Waals surface area contributed by atoms with Gasteiger partial charge in [0.05, 0.1) is 0 Å².